The first-order valence-electron chi connectivity index (χ1n) is 7.13. The first-order chi connectivity index (χ1) is 10.4. The number of rotatable bonds is 4. The molecule has 1 aromatic heterocycles. The van der Waals surface area contributed by atoms with Crippen molar-refractivity contribution in [2.45, 2.75) is 26.8 Å². The van der Waals surface area contributed by atoms with Crippen LogP contribution in [0.1, 0.15) is 29.8 Å². The van der Waals surface area contributed by atoms with E-state index >= 15 is 0 Å². The predicted molar refractivity (Wildman–Crippen MR) is 93.4 cm³/mol. The zero-order valence-corrected chi connectivity index (χ0v) is 14.4. The minimum absolute atomic E-state index is 0.0736. The van der Waals surface area contributed by atoms with Gasteiger partial charge in [-0.25, -0.2) is 0 Å². The zero-order chi connectivity index (χ0) is 16.3. The van der Waals surface area contributed by atoms with E-state index in [1.807, 2.05) is 50.0 Å². The highest BCUT2D eigenvalue weighted by atomic mass is 32.1. The fourth-order valence-corrected chi connectivity index (χ4v) is 2.58. The molecule has 118 valence electrons. The van der Waals surface area contributed by atoms with Crippen molar-refractivity contribution in [2.75, 3.05) is 12.4 Å². The molecule has 0 aliphatic carbocycles. The lowest BCUT2D eigenvalue weighted by atomic mass is 10.1. The van der Waals surface area contributed by atoms with Gasteiger partial charge in [0.25, 0.3) is 0 Å². The number of ether oxygens (including phenoxy) is 1. The molecule has 0 spiro atoms. The number of hydrogen-bond donors (Lipinski definition) is 2. The number of nitrogens with one attached hydrogen (secondary N) is 2. The van der Waals surface area contributed by atoms with E-state index in [4.69, 9.17) is 17.0 Å². The summed E-state index contributed by atoms with van der Waals surface area (Å²) in [7, 11) is 3.58. The van der Waals surface area contributed by atoms with E-state index in [1.54, 1.807) is 7.11 Å². The van der Waals surface area contributed by atoms with E-state index in [1.165, 1.54) is 0 Å². The summed E-state index contributed by atoms with van der Waals surface area (Å²) in [6.07, 6.45) is 1.86. The van der Waals surface area contributed by atoms with Crippen molar-refractivity contribution < 1.29 is 4.74 Å². The Morgan fingerprint density at radius 2 is 2.09 bits per heavy atom. The van der Waals surface area contributed by atoms with Gasteiger partial charge in [0.05, 0.1) is 25.0 Å². The van der Waals surface area contributed by atoms with Gasteiger partial charge < -0.3 is 15.4 Å². The molecule has 6 heteroatoms. The molecule has 1 unspecified atom stereocenters. The Kier molecular flexibility index (Phi) is 5.03. The summed E-state index contributed by atoms with van der Waals surface area (Å²) in [5.41, 5.74) is 4.25. The number of aromatic nitrogens is 2. The summed E-state index contributed by atoms with van der Waals surface area (Å²) >= 11 is 5.41. The molecule has 5 nitrogen and oxygen atoms in total. The molecule has 2 rings (SSSR count). The molecule has 1 atom stereocenters. The average molecular weight is 318 g/mol. The van der Waals surface area contributed by atoms with Crippen molar-refractivity contribution in [3.05, 3.63) is 41.2 Å². The standard InChI is InChI=1S/C16H22N4OS/c1-10-6-7-15(21-5)14(8-10)19-16(22)18-11(2)13-9-17-20(4)12(13)3/h6-9,11H,1-5H3,(H2,18,19,22). The molecule has 0 aliphatic heterocycles. The Hall–Kier alpha value is -2.08. The summed E-state index contributed by atoms with van der Waals surface area (Å²) < 4.78 is 7.20. The van der Waals surface area contributed by atoms with Crippen LogP contribution >= 0.6 is 12.2 Å². The van der Waals surface area contributed by atoms with E-state index in [9.17, 15) is 0 Å². The van der Waals surface area contributed by atoms with Gasteiger partial charge in [0.15, 0.2) is 5.11 Å². The van der Waals surface area contributed by atoms with Crippen molar-refractivity contribution in [2.24, 2.45) is 7.05 Å². The number of nitrogens with zero attached hydrogens (tertiary/aromatic N) is 2. The fraction of sp³-hybridized carbons (Fsp3) is 0.375. The molecular weight excluding hydrogens is 296 g/mol. The van der Waals surface area contributed by atoms with Gasteiger partial charge in [-0.15, -0.1) is 0 Å². The van der Waals surface area contributed by atoms with Gasteiger partial charge in [-0.2, -0.15) is 5.10 Å². The third-order valence-corrected chi connectivity index (χ3v) is 3.91. The topological polar surface area (TPSA) is 51.1 Å². The van der Waals surface area contributed by atoms with Crippen LogP contribution in [0.25, 0.3) is 0 Å². The highest BCUT2D eigenvalue weighted by Gasteiger charge is 2.13. The smallest absolute Gasteiger partial charge is 0.171 e. The van der Waals surface area contributed by atoms with Crippen LogP contribution in [-0.2, 0) is 7.05 Å². The Balaban J connectivity index is 2.07. The van der Waals surface area contributed by atoms with Gasteiger partial charge in [0, 0.05) is 18.3 Å². The average Bonchev–Trinajstić information content (AvgIpc) is 2.79. The third-order valence-electron chi connectivity index (χ3n) is 3.69. The molecule has 0 saturated heterocycles. The van der Waals surface area contributed by atoms with Gasteiger partial charge in [-0.3, -0.25) is 4.68 Å². The number of benzene rings is 1. The van der Waals surface area contributed by atoms with E-state index in [0.29, 0.717) is 5.11 Å². The maximum absolute atomic E-state index is 5.41. The molecule has 0 saturated carbocycles. The molecule has 0 radical (unpaired) electrons. The van der Waals surface area contributed by atoms with E-state index in [-0.39, 0.29) is 6.04 Å². The third kappa shape index (κ3) is 3.57. The maximum atomic E-state index is 5.41. The largest absolute Gasteiger partial charge is 0.495 e. The van der Waals surface area contributed by atoms with Gasteiger partial charge in [0.1, 0.15) is 5.75 Å². The number of anilines is 1. The SMILES string of the molecule is COc1ccc(C)cc1NC(=S)NC(C)c1cnn(C)c1C. The van der Waals surface area contributed by atoms with Gasteiger partial charge >= 0.3 is 0 Å². The monoisotopic (exact) mass is 318 g/mol. The number of thiocarbonyl (C=S) groups is 1. The van der Waals surface area contributed by atoms with Crippen molar-refractivity contribution in [3.63, 3.8) is 0 Å². The summed E-state index contributed by atoms with van der Waals surface area (Å²) in [6.45, 7) is 6.13. The van der Waals surface area contributed by atoms with E-state index in [0.717, 1.165) is 28.3 Å². The minimum Gasteiger partial charge on any atom is -0.495 e. The Morgan fingerprint density at radius 3 is 2.68 bits per heavy atom. The Labute approximate surface area is 136 Å². The number of methoxy groups -OCH3 is 1. The van der Waals surface area contributed by atoms with Crippen LogP contribution in [0.2, 0.25) is 0 Å². The van der Waals surface area contributed by atoms with E-state index < -0.39 is 0 Å². The molecule has 0 fully saturated rings. The summed E-state index contributed by atoms with van der Waals surface area (Å²) in [6, 6.07) is 6.01. The second-order valence-electron chi connectivity index (χ2n) is 5.33. The molecule has 1 heterocycles. The number of hydrogen-bond acceptors (Lipinski definition) is 3. The molecule has 2 N–H and O–H groups in total. The fourth-order valence-electron chi connectivity index (χ4n) is 2.29. The predicted octanol–water partition coefficient (Wildman–Crippen LogP) is 3.09. The number of aryl methyl sites for hydroxylation is 2. The highest BCUT2D eigenvalue weighted by Crippen LogP contribution is 2.25. The van der Waals surface area contributed by atoms with Crippen LogP contribution in [-0.4, -0.2) is 22.0 Å². The molecule has 2 aromatic rings. The van der Waals surface area contributed by atoms with Gasteiger partial charge in [-0.1, -0.05) is 6.07 Å². The second kappa shape index (κ2) is 6.79. The lowest BCUT2D eigenvalue weighted by molar-refractivity contribution is 0.417. The molecule has 22 heavy (non-hydrogen) atoms. The summed E-state index contributed by atoms with van der Waals surface area (Å²) in [5.74, 6) is 0.764. The second-order valence-corrected chi connectivity index (χ2v) is 5.74. The van der Waals surface area contributed by atoms with Crippen LogP contribution in [0.4, 0.5) is 5.69 Å². The summed E-state index contributed by atoms with van der Waals surface area (Å²) in [5, 5.41) is 11.3. The Morgan fingerprint density at radius 1 is 1.36 bits per heavy atom. The minimum atomic E-state index is 0.0736. The summed E-state index contributed by atoms with van der Waals surface area (Å²) in [4.78, 5) is 0. The molecule has 1 aromatic carbocycles. The normalized spacial score (nSPS) is 11.9. The van der Waals surface area contributed by atoms with Crippen molar-refractivity contribution >= 4 is 23.0 Å². The van der Waals surface area contributed by atoms with E-state index in [2.05, 4.69) is 22.7 Å². The van der Waals surface area contributed by atoms with Crippen LogP contribution in [0.5, 0.6) is 5.75 Å². The maximum Gasteiger partial charge on any atom is 0.171 e. The van der Waals surface area contributed by atoms with Crippen LogP contribution < -0.4 is 15.4 Å². The van der Waals surface area contributed by atoms with Gasteiger partial charge in [0.2, 0.25) is 0 Å². The van der Waals surface area contributed by atoms with Crippen molar-refractivity contribution in [3.8, 4) is 5.75 Å². The lowest BCUT2D eigenvalue weighted by Gasteiger charge is -2.18. The molecule has 0 aliphatic rings. The highest BCUT2D eigenvalue weighted by molar-refractivity contribution is 7.80. The van der Waals surface area contributed by atoms with Crippen LogP contribution in [0.15, 0.2) is 24.4 Å². The lowest BCUT2D eigenvalue weighted by Crippen LogP contribution is -2.31. The molecule has 0 bridgehead atoms. The first-order valence-corrected chi connectivity index (χ1v) is 7.54. The van der Waals surface area contributed by atoms with Crippen LogP contribution in [0.3, 0.4) is 0 Å². The molecule has 0 amide bonds. The molecular formula is C16H22N4OS. The first kappa shape index (κ1) is 16.3. The van der Waals surface area contributed by atoms with Crippen molar-refractivity contribution in [1.82, 2.24) is 15.1 Å². The quantitative estimate of drug-likeness (QED) is 0.849. The Bertz CT molecular complexity index is 681. The van der Waals surface area contributed by atoms with Crippen molar-refractivity contribution in [1.29, 1.82) is 0 Å². The zero-order valence-electron chi connectivity index (χ0n) is 13.6. The van der Waals surface area contributed by atoms with Crippen LogP contribution in [0, 0.1) is 13.8 Å². The van der Waals surface area contributed by atoms with Gasteiger partial charge in [-0.05, 0) is 50.7 Å².